The number of Topliss-reactive ketones (excluding diaryl/α,β-unsaturated/α-hetero) is 1. The molecule has 9 atom stereocenters. The maximum absolute atomic E-state index is 15.8. The number of carbonyl (C=O) groups excluding carboxylic acids is 4. The minimum Gasteiger partial charge on any atom is -0.457 e. The van der Waals surface area contributed by atoms with Crippen molar-refractivity contribution in [3.05, 3.63) is 23.6 Å². The number of fused-ring (bicyclic) bond motifs is 5. The third-order valence-corrected chi connectivity index (χ3v) is 10.4. The van der Waals surface area contributed by atoms with Crippen LogP contribution in [0.4, 0.5) is 8.78 Å². The molecular weight excluding hydrogens is 522 g/mol. The first-order valence-electron chi connectivity index (χ1n) is 14.6. The van der Waals surface area contributed by atoms with Gasteiger partial charge in [0.25, 0.3) is 0 Å². The fourth-order valence-electron chi connectivity index (χ4n) is 8.72. The zero-order valence-corrected chi connectivity index (χ0v) is 24.1. The van der Waals surface area contributed by atoms with Crippen LogP contribution in [0.25, 0.3) is 0 Å². The van der Waals surface area contributed by atoms with Crippen molar-refractivity contribution < 1.29 is 42.5 Å². The van der Waals surface area contributed by atoms with Crippen LogP contribution in [0.1, 0.15) is 86.0 Å². The summed E-state index contributed by atoms with van der Waals surface area (Å²) in [5.41, 5.74) is -4.21. The van der Waals surface area contributed by atoms with E-state index in [0.717, 1.165) is 18.9 Å². The average Bonchev–Trinajstić information content (AvgIpc) is 3.11. The van der Waals surface area contributed by atoms with Crippen molar-refractivity contribution in [3.8, 4) is 0 Å². The van der Waals surface area contributed by atoms with Crippen molar-refractivity contribution in [1.82, 2.24) is 0 Å². The number of allylic oxidation sites excluding steroid dienone is 4. The number of halogens is 2. The van der Waals surface area contributed by atoms with Gasteiger partial charge in [-0.25, -0.2) is 8.78 Å². The van der Waals surface area contributed by atoms with E-state index >= 15 is 4.39 Å². The van der Waals surface area contributed by atoms with Crippen LogP contribution in [-0.4, -0.2) is 53.1 Å². The molecule has 222 valence electrons. The molecule has 40 heavy (non-hydrogen) atoms. The Morgan fingerprint density at radius 2 is 1.82 bits per heavy atom. The number of carbonyl (C=O) groups is 4. The molecule has 0 aliphatic heterocycles. The second kappa shape index (κ2) is 11.1. The standard InChI is InChI=1S/C31H42F2O7/c1-6-8-9-10-25(38)40-31(23(36)16-39-24(37)7-2)17(3)13-19-18-14-20(32)27-28(33)21(34)11-12-29(27,4)26(18)22(35)15-30(19,31)5/h11-12,17-20,22,26,35H,6-10,13-16H2,1-5H3/t17-,18-,19-,20-,22-,26+,29+,30-,31+/m0/s1. The maximum Gasteiger partial charge on any atom is 0.306 e. The largest absolute Gasteiger partial charge is 0.457 e. The molecule has 0 radical (unpaired) electrons. The van der Waals surface area contributed by atoms with E-state index in [1.165, 1.54) is 6.08 Å². The molecule has 0 aromatic heterocycles. The van der Waals surface area contributed by atoms with Gasteiger partial charge in [-0.1, -0.05) is 53.5 Å². The van der Waals surface area contributed by atoms with Gasteiger partial charge in [-0.15, -0.1) is 0 Å². The SMILES string of the molecule is CCCCCC(=O)O[C@@]1(C(=O)COC(=O)CC)[C@@H](C)C[C@H]2[C@@H]3C[C@H](F)C4=C(F)C(=O)C=C[C@]4(C)[C@H]3[C@@H](O)C[C@@]21C. The molecule has 0 aromatic carbocycles. The molecule has 3 fully saturated rings. The molecule has 9 heteroatoms. The van der Waals surface area contributed by atoms with Gasteiger partial charge >= 0.3 is 11.9 Å². The van der Waals surface area contributed by atoms with Gasteiger partial charge in [0.1, 0.15) is 6.17 Å². The van der Waals surface area contributed by atoms with E-state index in [0.29, 0.717) is 12.8 Å². The molecule has 0 spiro atoms. The van der Waals surface area contributed by atoms with E-state index in [1.54, 1.807) is 20.8 Å². The van der Waals surface area contributed by atoms with Gasteiger partial charge in [-0.05, 0) is 43.6 Å². The minimum absolute atomic E-state index is 0.0438. The molecule has 3 saturated carbocycles. The summed E-state index contributed by atoms with van der Waals surface area (Å²) in [7, 11) is 0. The quantitative estimate of drug-likeness (QED) is 0.305. The van der Waals surface area contributed by atoms with Crippen molar-refractivity contribution in [3.63, 3.8) is 0 Å². The highest BCUT2D eigenvalue weighted by Gasteiger charge is 2.73. The van der Waals surface area contributed by atoms with Crippen LogP contribution in [0.5, 0.6) is 0 Å². The van der Waals surface area contributed by atoms with Gasteiger partial charge in [0.15, 0.2) is 18.0 Å². The van der Waals surface area contributed by atoms with E-state index in [2.05, 4.69) is 0 Å². The summed E-state index contributed by atoms with van der Waals surface area (Å²) in [5.74, 6) is -5.54. The summed E-state index contributed by atoms with van der Waals surface area (Å²) in [6, 6.07) is 0. The highest BCUT2D eigenvalue weighted by molar-refractivity contribution is 6.04. The predicted octanol–water partition coefficient (Wildman–Crippen LogP) is 5.14. The van der Waals surface area contributed by atoms with Crippen LogP contribution in [0.15, 0.2) is 23.6 Å². The second-order valence-electron chi connectivity index (χ2n) is 12.6. The molecule has 7 nitrogen and oxygen atoms in total. The number of ketones is 2. The Kier molecular flexibility index (Phi) is 8.48. The lowest BCUT2D eigenvalue weighted by atomic mass is 9.45. The van der Waals surface area contributed by atoms with E-state index in [9.17, 15) is 28.7 Å². The van der Waals surface area contributed by atoms with Gasteiger partial charge in [-0.2, -0.15) is 0 Å². The predicted molar refractivity (Wildman–Crippen MR) is 142 cm³/mol. The van der Waals surface area contributed by atoms with Crippen LogP contribution in [0, 0.1) is 34.5 Å². The van der Waals surface area contributed by atoms with Gasteiger partial charge in [0.2, 0.25) is 11.6 Å². The molecule has 0 aromatic rings. The van der Waals surface area contributed by atoms with E-state index in [4.69, 9.17) is 9.47 Å². The van der Waals surface area contributed by atoms with Crippen LogP contribution in [0.3, 0.4) is 0 Å². The first-order chi connectivity index (χ1) is 18.8. The van der Waals surface area contributed by atoms with Crippen molar-refractivity contribution in [1.29, 1.82) is 0 Å². The Morgan fingerprint density at radius 1 is 1.12 bits per heavy atom. The Labute approximate surface area is 234 Å². The molecule has 4 aliphatic rings. The van der Waals surface area contributed by atoms with Gasteiger partial charge in [-0.3, -0.25) is 19.2 Å². The number of ether oxygens (including phenoxy) is 2. The van der Waals surface area contributed by atoms with Crippen LogP contribution < -0.4 is 0 Å². The number of hydrogen-bond donors (Lipinski definition) is 1. The first-order valence-corrected chi connectivity index (χ1v) is 14.6. The number of esters is 2. The van der Waals surface area contributed by atoms with Crippen molar-refractivity contribution in [2.45, 2.75) is 104 Å². The molecule has 1 N–H and O–H groups in total. The zero-order chi connectivity index (χ0) is 29.6. The third kappa shape index (κ3) is 4.56. The second-order valence-corrected chi connectivity index (χ2v) is 12.6. The molecule has 0 bridgehead atoms. The Hall–Kier alpha value is -2.42. The van der Waals surface area contributed by atoms with Gasteiger partial charge in [0.05, 0.1) is 6.10 Å². The Morgan fingerprint density at radius 3 is 2.48 bits per heavy atom. The van der Waals surface area contributed by atoms with E-state index < -0.39 is 82.4 Å². The van der Waals surface area contributed by atoms with Crippen LogP contribution in [0.2, 0.25) is 0 Å². The Balaban J connectivity index is 1.76. The first kappa shape index (κ1) is 30.5. The third-order valence-electron chi connectivity index (χ3n) is 10.4. The fraction of sp³-hybridized carbons (Fsp3) is 0.742. The summed E-state index contributed by atoms with van der Waals surface area (Å²) in [5, 5.41) is 11.7. The summed E-state index contributed by atoms with van der Waals surface area (Å²) in [4.78, 5) is 51.2. The number of aliphatic hydroxyl groups excluding tert-OH is 1. The van der Waals surface area contributed by atoms with Crippen molar-refractivity contribution in [2.75, 3.05) is 6.61 Å². The topological polar surface area (TPSA) is 107 Å². The van der Waals surface area contributed by atoms with Crippen molar-refractivity contribution >= 4 is 23.5 Å². The summed E-state index contributed by atoms with van der Waals surface area (Å²) < 4.78 is 42.1. The zero-order valence-electron chi connectivity index (χ0n) is 24.1. The number of alkyl halides is 1. The Bertz CT molecular complexity index is 1130. The lowest BCUT2D eigenvalue weighted by Crippen LogP contribution is -2.65. The van der Waals surface area contributed by atoms with Gasteiger partial charge in [0, 0.05) is 41.1 Å². The van der Waals surface area contributed by atoms with E-state index in [1.807, 2.05) is 13.8 Å². The average molecular weight is 565 g/mol. The minimum atomic E-state index is -1.74. The van der Waals surface area contributed by atoms with Crippen LogP contribution >= 0.6 is 0 Å². The summed E-state index contributed by atoms with van der Waals surface area (Å²) >= 11 is 0. The molecule has 0 unspecified atom stereocenters. The smallest absolute Gasteiger partial charge is 0.306 e. The maximum atomic E-state index is 15.8. The molecular formula is C31H42F2O7. The normalized spacial score (nSPS) is 40.2. The number of aliphatic hydroxyl groups is 1. The van der Waals surface area contributed by atoms with Crippen LogP contribution in [-0.2, 0) is 28.7 Å². The highest BCUT2D eigenvalue weighted by atomic mass is 19.1. The lowest BCUT2D eigenvalue weighted by molar-refractivity contribution is -0.207. The van der Waals surface area contributed by atoms with Crippen molar-refractivity contribution in [2.24, 2.45) is 34.5 Å². The fourth-order valence-corrected chi connectivity index (χ4v) is 8.72. The lowest BCUT2D eigenvalue weighted by Gasteiger charge is -2.60. The summed E-state index contributed by atoms with van der Waals surface area (Å²) in [6.07, 6.45) is 2.64. The monoisotopic (exact) mass is 564 g/mol. The number of rotatable bonds is 9. The molecule has 0 heterocycles. The molecule has 0 saturated heterocycles. The molecule has 0 amide bonds. The highest BCUT2D eigenvalue weighted by Crippen LogP contribution is 2.69. The van der Waals surface area contributed by atoms with E-state index in [-0.39, 0.29) is 37.2 Å². The number of unbranched alkanes of at least 4 members (excludes halogenated alkanes) is 2. The number of hydrogen-bond acceptors (Lipinski definition) is 7. The molecule has 4 rings (SSSR count). The molecule has 4 aliphatic carbocycles. The summed E-state index contributed by atoms with van der Waals surface area (Å²) in [6.45, 7) is 8.33. The van der Waals surface area contributed by atoms with Gasteiger partial charge < -0.3 is 14.6 Å².